The van der Waals surface area contributed by atoms with Gasteiger partial charge in [-0.15, -0.1) is 0 Å². The van der Waals surface area contributed by atoms with E-state index in [2.05, 4.69) is 32.3 Å². The summed E-state index contributed by atoms with van der Waals surface area (Å²) in [6.45, 7) is 6.76. The van der Waals surface area contributed by atoms with Crippen molar-refractivity contribution in [3.8, 4) is 5.75 Å². The number of methoxy groups -OCH3 is 1. The van der Waals surface area contributed by atoms with Crippen LogP contribution in [0.1, 0.15) is 77.9 Å². The summed E-state index contributed by atoms with van der Waals surface area (Å²) in [4.78, 5) is 87.8. The predicted molar refractivity (Wildman–Crippen MR) is 257 cm³/mol. The number of carbonyl (C=O) groups is 5. The van der Waals surface area contributed by atoms with Crippen molar-refractivity contribution in [1.29, 1.82) is 0 Å². The van der Waals surface area contributed by atoms with Crippen molar-refractivity contribution in [2.45, 2.75) is 45.2 Å². The number of nitrogens with zero attached hydrogens (tertiary/aromatic N) is 7. The summed E-state index contributed by atoms with van der Waals surface area (Å²) in [5, 5.41) is 8.89. The number of ketones is 1. The van der Waals surface area contributed by atoms with Crippen molar-refractivity contribution in [2.24, 2.45) is 26.1 Å². The van der Waals surface area contributed by atoms with E-state index in [1.54, 1.807) is 115 Å². The molecule has 3 amide bonds. The van der Waals surface area contributed by atoms with E-state index in [4.69, 9.17) is 14.0 Å². The van der Waals surface area contributed by atoms with Gasteiger partial charge in [0.05, 0.1) is 48.3 Å². The summed E-state index contributed by atoms with van der Waals surface area (Å²) in [6, 6.07) is 13.7. The fraction of sp³-hybridized carbons (Fsp3) is 0.312. The minimum atomic E-state index is -4.08. The zero-order valence-electron chi connectivity index (χ0n) is 38.9. The van der Waals surface area contributed by atoms with Crippen LogP contribution in [0.15, 0.2) is 90.5 Å². The quantitative estimate of drug-likeness (QED) is 0.0323. The van der Waals surface area contributed by atoms with Crippen molar-refractivity contribution in [1.82, 2.24) is 33.2 Å². The first-order valence-corrected chi connectivity index (χ1v) is 23.7. The second kappa shape index (κ2) is 20.2. The first kappa shape index (κ1) is 48.2. The molecule has 20 nitrogen and oxygen atoms in total. The van der Waals surface area contributed by atoms with E-state index in [1.165, 1.54) is 16.2 Å². The third kappa shape index (κ3) is 10.9. The average Bonchev–Trinajstić information content (AvgIpc) is 4.13. The summed E-state index contributed by atoms with van der Waals surface area (Å²) < 4.78 is 34.4. The number of hydrogen-bond donors (Lipinski definition) is 4. The number of anilines is 2. The van der Waals surface area contributed by atoms with Crippen LogP contribution in [0.3, 0.4) is 0 Å². The highest BCUT2D eigenvalue weighted by Gasteiger charge is 2.34. The Morgan fingerprint density at radius 1 is 0.928 bits per heavy atom. The monoisotopic (exact) mass is 960 g/mol. The molecule has 6 heterocycles. The molecule has 0 saturated carbocycles. The van der Waals surface area contributed by atoms with Gasteiger partial charge in [0, 0.05) is 96.6 Å². The minimum absolute atomic E-state index is 0.00674. The van der Waals surface area contributed by atoms with Crippen LogP contribution in [-0.4, -0.2) is 108 Å². The number of fused-ring (bicyclic) bond motifs is 3. The first-order valence-electron chi connectivity index (χ1n) is 22.1. The molecule has 69 heavy (non-hydrogen) atoms. The number of aliphatic imine (C=N–C) groups is 1. The van der Waals surface area contributed by atoms with Crippen LogP contribution in [0.25, 0.3) is 10.9 Å². The van der Waals surface area contributed by atoms with E-state index in [1.807, 2.05) is 6.92 Å². The Kier molecular flexibility index (Phi) is 14.1. The van der Waals surface area contributed by atoms with E-state index in [9.17, 15) is 33.4 Å². The molecule has 0 radical (unpaired) electrons. The van der Waals surface area contributed by atoms with Gasteiger partial charge in [0.15, 0.2) is 11.6 Å². The third-order valence-corrected chi connectivity index (χ3v) is 12.9. The Bertz CT molecular complexity index is 3100. The number of aryl methyl sites for hydroxylation is 4. The number of hydrogen-bond acceptors (Lipinski definition) is 11. The zero-order valence-corrected chi connectivity index (χ0v) is 39.7. The molecule has 4 N–H and O–H groups in total. The molecular formula is C48H53N10O10P. The van der Waals surface area contributed by atoms with Crippen molar-refractivity contribution >= 4 is 71.5 Å². The molecule has 0 aliphatic carbocycles. The van der Waals surface area contributed by atoms with Gasteiger partial charge in [0.2, 0.25) is 11.7 Å². The fourth-order valence-electron chi connectivity index (χ4n) is 8.35. The molecule has 0 bridgehead atoms. The maximum absolute atomic E-state index is 13.8. The van der Waals surface area contributed by atoms with E-state index in [0.717, 1.165) is 16.5 Å². The molecule has 4 aromatic heterocycles. The number of aromatic nitrogens is 5. The number of rotatable bonds is 19. The molecule has 2 aromatic carbocycles. The molecule has 6 aromatic rings. The van der Waals surface area contributed by atoms with Gasteiger partial charge in [-0.05, 0) is 66.8 Å². The molecular weight excluding hydrogens is 908 g/mol. The van der Waals surface area contributed by atoms with Crippen LogP contribution in [-0.2, 0) is 52.7 Å². The number of ether oxygens (including phenoxy) is 2. The van der Waals surface area contributed by atoms with Gasteiger partial charge in [-0.1, -0.05) is 24.3 Å². The van der Waals surface area contributed by atoms with E-state index in [-0.39, 0.29) is 91.8 Å². The molecule has 360 valence electrons. The normalized spacial score (nSPS) is 15.2. The lowest BCUT2D eigenvalue weighted by atomic mass is 10.1. The van der Waals surface area contributed by atoms with Gasteiger partial charge in [-0.2, -0.15) is 0 Å². The Labute approximate surface area is 397 Å². The number of carbonyl (C=O) groups excluding carboxylic acids is 5. The summed E-state index contributed by atoms with van der Waals surface area (Å²) in [7, 11) is 2.40. The number of imidazole rings is 1. The van der Waals surface area contributed by atoms with E-state index >= 15 is 0 Å². The maximum atomic E-state index is 13.8. The topological polar surface area (TPSA) is 235 Å². The smallest absolute Gasteiger partial charge is 0.403 e. The van der Waals surface area contributed by atoms with Gasteiger partial charge in [0.1, 0.15) is 17.1 Å². The second-order valence-corrected chi connectivity index (χ2v) is 18.7. The van der Waals surface area contributed by atoms with Gasteiger partial charge >= 0.3 is 7.75 Å². The fourth-order valence-corrected chi connectivity index (χ4v) is 9.14. The van der Waals surface area contributed by atoms with Crippen LogP contribution in [0, 0.1) is 6.92 Å². The first-order chi connectivity index (χ1) is 33.0. The van der Waals surface area contributed by atoms with Gasteiger partial charge in [-0.3, -0.25) is 38.1 Å². The molecule has 0 spiro atoms. The average molecular weight is 961 g/mol. The van der Waals surface area contributed by atoms with Crippen molar-refractivity contribution < 1.29 is 47.4 Å². The Hall–Kier alpha value is -7.22. The van der Waals surface area contributed by atoms with Crippen LogP contribution in [0.4, 0.5) is 17.2 Å². The molecule has 2 aliphatic rings. The van der Waals surface area contributed by atoms with Crippen molar-refractivity contribution in [2.75, 3.05) is 44.1 Å². The predicted octanol–water partition coefficient (Wildman–Crippen LogP) is 5.86. The van der Waals surface area contributed by atoms with Crippen LogP contribution < -0.4 is 20.5 Å². The van der Waals surface area contributed by atoms with Gasteiger partial charge in [-0.25, -0.2) is 14.6 Å². The highest BCUT2D eigenvalue weighted by Crippen LogP contribution is 2.37. The highest BCUT2D eigenvalue weighted by atomic mass is 31.2. The lowest BCUT2D eigenvalue weighted by Crippen LogP contribution is -2.35. The lowest BCUT2D eigenvalue weighted by molar-refractivity contribution is -0.116. The summed E-state index contributed by atoms with van der Waals surface area (Å²) in [6.07, 6.45) is 9.42. The number of benzene rings is 2. The maximum Gasteiger partial charge on any atom is 0.403 e. The Balaban J connectivity index is 0.826. The number of nitrogens with one attached hydrogen (secondary N) is 3. The number of Topliss-reactive ketones (excluding diaryl/α,β-unsaturated/α-hetero) is 1. The molecule has 1 unspecified atom stereocenters. The van der Waals surface area contributed by atoms with E-state index in [0.29, 0.717) is 58.7 Å². The molecule has 1 saturated heterocycles. The lowest BCUT2D eigenvalue weighted by Gasteiger charge is -2.20. The Morgan fingerprint density at radius 3 is 2.52 bits per heavy atom. The van der Waals surface area contributed by atoms with Crippen LogP contribution in [0.5, 0.6) is 5.75 Å². The molecule has 1 fully saturated rings. The van der Waals surface area contributed by atoms with Crippen LogP contribution >= 0.6 is 7.75 Å². The zero-order chi connectivity index (χ0) is 49.1. The standard InChI is InChI=1S/C48H53N10O10P/c1-29-16-35-24-49-37-22-42(30(2)17-36(37)47(62)58(35)25-29)67-13-7-8-44(60)52-43-28-56(5)45(53-43)41(59)20-32-19-39(54(3)26-32)46(61)51-34-21-40(55(4)27-34)48(63)57-12-11-33-10-9-31(18-38(33)57)23-50-69(64,65)68-15-14-66-6/h9-12,17-19,21-22,24,26-28,35H,1,7-8,13-16,20,23,25H2,2-6H3,(H,51,61)(H,52,60)(H2,50,64,65)/t35-/m0/s1. The van der Waals surface area contributed by atoms with Crippen molar-refractivity contribution in [3.63, 3.8) is 0 Å². The second-order valence-electron chi connectivity index (χ2n) is 17.1. The largest absolute Gasteiger partial charge is 0.493 e. The third-order valence-electron chi connectivity index (χ3n) is 11.8. The van der Waals surface area contributed by atoms with Gasteiger partial charge in [0.25, 0.3) is 17.7 Å². The molecule has 2 aliphatic heterocycles. The van der Waals surface area contributed by atoms with Crippen LogP contribution in [0.2, 0.25) is 0 Å². The highest BCUT2D eigenvalue weighted by molar-refractivity contribution is 7.50. The van der Waals surface area contributed by atoms with E-state index < -0.39 is 13.7 Å². The molecule has 2 atom stereocenters. The summed E-state index contributed by atoms with van der Waals surface area (Å²) >= 11 is 0. The van der Waals surface area contributed by atoms with Crippen molar-refractivity contribution in [3.05, 3.63) is 125 Å². The summed E-state index contributed by atoms with van der Waals surface area (Å²) in [5.74, 6) is -0.622. The SMILES string of the molecule is C=C1C[C@H]2C=Nc3cc(OCCCC(=O)Nc4cn(C)c(C(=O)Cc5cc(C(=O)Nc6cc(C(=O)n7ccc8ccc(CNP(=O)(O)OCCOC)cc87)n(C)c6)n(C)c5)n4)c(C)cc3C(=O)N2C1. The minimum Gasteiger partial charge on any atom is -0.493 e. The van der Waals surface area contributed by atoms with Gasteiger partial charge < -0.3 is 43.6 Å². The summed E-state index contributed by atoms with van der Waals surface area (Å²) in [5.41, 5.74) is 5.56. The number of amides is 3. The molecule has 21 heteroatoms. The Morgan fingerprint density at radius 2 is 1.72 bits per heavy atom. The molecule has 8 rings (SSSR count).